The summed E-state index contributed by atoms with van der Waals surface area (Å²) in [7, 11) is 0.851. The van der Waals surface area contributed by atoms with Crippen molar-refractivity contribution in [2.75, 3.05) is 6.61 Å². The van der Waals surface area contributed by atoms with E-state index in [4.69, 9.17) is 21.1 Å². The summed E-state index contributed by atoms with van der Waals surface area (Å²) in [6, 6.07) is 16.3. The number of fused-ring (bicyclic) bond motifs is 3. The predicted octanol–water partition coefficient (Wildman–Crippen LogP) is 3.82. The van der Waals surface area contributed by atoms with Gasteiger partial charge in [0.2, 0.25) is 18.7 Å². The molecule has 0 radical (unpaired) electrons. The molecule has 0 atom stereocenters. The smallest absolute Gasteiger partial charge is 0.431 e. The van der Waals surface area contributed by atoms with Gasteiger partial charge in [0, 0.05) is 37.4 Å². The summed E-state index contributed by atoms with van der Waals surface area (Å²) in [4.78, 5) is 49.4. The summed E-state index contributed by atoms with van der Waals surface area (Å²) in [6.45, 7) is 7.95. The van der Waals surface area contributed by atoms with Crippen LogP contribution in [0.15, 0.2) is 95.3 Å². The van der Waals surface area contributed by atoms with Crippen molar-refractivity contribution in [3.8, 4) is 17.1 Å². The van der Waals surface area contributed by atoms with Crippen LogP contribution in [0.2, 0.25) is 5.02 Å². The number of ether oxygens (including phenoxy) is 2. The first-order valence-corrected chi connectivity index (χ1v) is 14.2. The quantitative estimate of drug-likeness (QED) is 0.177. The third kappa shape index (κ3) is 7.26. The van der Waals surface area contributed by atoms with E-state index in [1.165, 1.54) is 37.4 Å². The van der Waals surface area contributed by atoms with Crippen LogP contribution < -0.4 is 20.4 Å². The molecule has 0 unspecified atom stereocenters. The number of halogens is 4. The Labute approximate surface area is 266 Å². The number of benzene rings is 1. The minimum Gasteiger partial charge on any atom is -0.459 e. The number of carbonyl (C=O) groups is 2. The van der Waals surface area contributed by atoms with Gasteiger partial charge in [-0.05, 0) is 44.2 Å². The van der Waals surface area contributed by atoms with Gasteiger partial charge in [-0.3, -0.25) is 9.36 Å². The molecular weight excluding hydrogens is 629 g/mol. The number of pyridine rings is 2. The molecule has 3 aromatic heterocycles. The first kappa shape index (κ1) is 33.8. The van der Waals surface area contributed by atoms with E-state index >= 15 is 0 Å². The highest BCUT2D eigenvalue weighted by atomic mass is 35.5. The van der Waals surface area contributed by atoms with E-state index in [0.29, 0.717) is 4.57 Å². The first-order valence-electron chi connectivity index (χ1n) is 13.8. The summed E-state index contributed by atoms with van der Waals surface area (Å²) in [6.07, 6.45) is 0.684. The van der Waals surface area contributed by atoms with Gasteiger partial charge in [0.1, 0.15) is 12.3 Å². The molecular formula is C32H30ClF3N4O6+2. The van der Waals surface area contributed by atoms with Crippen molar-refractivity contribution in [2.24, 2.45) is 7.05 Å². The van der Waals surface area contributed by atoms with Gasteiger partial charge >= 0.3 is 23.8 Å². The maximum absolute atomic E-state index is 13.0. The monoisotopic (exact) mass is 658 g/mol. The van der Waals surface area contributed by atoms with Crippen LogP contribution in [0.5, 0.6) is 0 Å². The van der Waals surface area contributed by atoms with Gasteiger partial charge in [0.05, 0.1) is 16.3 Å². The number of aromatic nitrogens is 4. The SMILES string of the molecule is C=CCOC(=O)C(C)(C)OC(=O)c1cc(-n2c(=O)cc(C(F)(F)F)n(C)c2=O)ccc1Cl.c1cc[n+]2c(c1)-c1cccc[n+]1CC2. The number of nitrogens with zero attached hydrogens (tertiary/aromatic N) is 4. The zero-order chi connectivity index (χ0) is 33.8. The van der Waals surface area contributed by atoms with Crippen molar-refractivity contribution in [1.29, 1.82) is 0 Å². The van der Waals surface area contributed by atoms with Crippen LogP contribution in [0.25, 0.3) is 17.1 Å². The number of carbonyl (C=O) groups excluding carboxylic acids is 2. The fourth-order valence-corrected chi connectivity index (χ4v) is 4.80. The molecule has 0 spiro atoms. The van der Waals surface area contributed by atoms with Gasteiger partial charge < -0.3 is 9.47 Å². The van der Waals surface area contributed by atoms with Crippen molar-refractivity contribution in [3.63, 3.8) is 0 Å². The van der Waals surface area contributed by atoms with Gasteiger partial charge in [-0.1, -0.05) is 24.3 Å². The fraction of sp³-hybridized carbons (Fsp3) is 0.250. The predicted molar refractivity (Wildman–Crippen MR) is 160 cm³/mol. The van der Waals surface area contributed by atoms with E-state index in [1.807, 2.05) is 0 Å². The van der Waals surface area contributed by atoms with Crippen LogP contribution >= 0.6 is 11.6 Å². The summed E-state index contributed by atoms with van der Waals surface area (Å²) < 4.78 is 54.4. The molecule has 4 aromatic rings. The van der Waals surface area contributed by atoms with Crippen molar-refractivity contribution in [1.82, 2.24) is 9.13 Å². The zero-order valence-electron chi connectivity index (χ0n) is 25.1. The second-order valence-electron chi connectivity index (χ2n) is 10.6. The number of rotatable bonds is 6. The van der Waals surface area contributed by atoms with Crippen molar-refractivity contribution < 1.29 is 41.4 Å². The van der Waals surface area contributed by atoms with Gasteiger partial charge in [-0.15, -0.1) is 0 Å². The van der Waals surface area contributed by atoms with E-state index in [2.05, 4.69) is 64.5 Å². The molecule has 5 rings (SSSR count). The van der Waals surface area contributed by atoms with Crippen LogP contribution in [0, 0.1) is 0 Å². The Morgan fingerprint density at radius 2 is 1.57 bits per heavy atom. The average Bonchev–Trinajstić information content (AvgIpc) is 3.01. The Bertz CT molecular complexity index is 1890. The molecule has 0 aliphatic carbocycles. The molecule has 0 bridgehead atoms. The average molecular weight is 659 g/mol. The lowest BCUT2D eigenvalue weighted by Crippen LogP contribution is -2.52. The molecule has 0 saturated heterocycles. The topological polar surface area (TPSA) is 104 Å². The summed E-state index contributed by atoms with van der Waals surface area (Å²) in [5.41, 5.74) is -3.66. The van der Waals surface area contributed by atoms with E-state index < -0.39 is 40.7 Å². The molecule has 46 heavy (non-hydrogen) atoms. The molecule has 0 amide bonds. The largest absolute Gasteiger partial charge is 0.459 e. The normalized spacial score (nSPS) is 12.2. The lowest BCUT2D eigenvalue weighted by Gasteiger charge is -2.23. The molecule has 10 nitrogen and oxygen atoms in total. The molecule has 14 heteroatoms. The van der Waals surface area contributed by atoms with Crippen LogP contribution in [0.4, 0.5) is 13.2 Å². The first-order chi connectivity index (χ1) is 21.7. The molecule has 1 aromatic carbocycles. The number of esters is 2. The van der Waals surface area contributed by atoms with Crippen molar-refractivity contribution in [3.05, 3.63) is 123 Å². The van der Waals surface area contributed by atoms with E-state index in [9.17, 15) is 32.3 Å². The third-order valence-corrected chi connectivity index (χ3v) is 7.27. The highest BCUT2D eigenvalue weighted by Crippen LogP contribution is 2.27. The Hall–Kier alpha value is -5.04. The van der Waals surface area contributed by atoms with Gasteiger partial charge in [-0.25, -0.2) is 19.0 Å². The molecule has 0 N–H and O–H groups in total. The molecule has 1 aliphatic heterocycles. The lowest BCUT2D eigenvalue weighted by molar-refractivity contribution is -0.794. The number of hydrogen-bond acceptors (Lipinski definition) is 6. The van der Waals surface area contributed by atoms with Gasteiger partial charge in [0.25, 0.3) is 16.9 Å². The van der Waals surface area contributed by atoms with Crippen molar-refractivity contribution >= 4 is 23.5 Å². The lowest BCUT2D eigenvalue weighted by atomic mass is 10.1. The van der Waals surface area contributed by atoms with Crippen LogP contribution in [-0.4, -0.2) is 33.3 Å². The number of aryl methyl sites for hydroxylation is 2. The standard InChI is InChI=1S/C20H18ClF3N2O6.C12H12N2/c1-5-8-31-17(29)19(2,3)32-16(28)12-9-11(6-7-13(12)21)26-15(27)10-14(20(22,23)24)25(4)18(26)30;1-3-7-13-9-10-14-8-4-2-6-12(14)11(13)5-1/h5-7,9-10H,1,8H2,2-4H3;1-8H,9-10H2/q;+2. The minimum atomic E-state index is -4.92. The second-order valence-corrected chi connectivity index (χ2v) is 11.0. The Kier molecular flexibility index (Phi) is 9.95. The Balaban J connectivity index is 0.000000280. The molecule has 240 valence electrons. The van der Waals surface area contributed by atoms with Crippen LogP contribution in [0.3, 0.4) is 0 Å². The molecule has 4 heterocycles. The maximum atomic E-state index is 13.0. The van der Waals surface area contributed by atoms with Gasteiger partial charge in [0.15, 0.2) is 12.4 Å². The van der Waals surface area contributed by atoms with Crippen molar-refractivity contribution in [2.45, 2.75) is 38.7 Å². The Morgan fingerprint density at radius 1 is 0.978 bits per heavy atom. The van der Waals surface area contributed by atoms with E-state index in [-0.39, 0.29) is 33.5 Å². The van der Waals surface area contributed by atoms with E-state index in [1.54, 1.807) is 0 Å². The Morgan fingerprint density at radius 3 is 2.11 bits per heavy atom. The zero-order valence-corrected chi connectivity index (χ0v) is 25.8. The minimum absolute atomic E-state index is 0.115. The maximum Gasteiger partial charge on any atom is 0.431 e. The molecule has 0 fully saturated rings. The highest BCUT2D eigenvalue weighted by molar-refractivity contribution is 6.33. The summed E-state index contributed by atoms with van der Waals surface area (Å²) in [5, 5.41) is -0.147. The highest BCUT2D eigenvalue weighted by Gasteiger charge is 2.36. The third-order valence-electron chi connectivity index (χ3n) is 6.94. The number of hydrogen-bond donors (Lipinski definition) is 0. The summed E-state index contributed by atoms with van der Waals surface area (Å²) in [5.74, 6) is -1.96. The van der Waals surface area contributed by atoms with E-state index in [0.717, 1.165) is 32.3 Å². The molecule has 0 saturated carbocycles. The van der Waals surface area contributed by atoms with Crippen LogP contribution in [0.1, 0.15) is 29.9 Å². The van der Waals surface area contributed by atoms with Crippen LogP contribution in [-0.2, 0) is 40.6 Å². The molecule has 1 aliphatic rings. The number of alkyl halides is 3. The fourth-order valence-electron chi connectivity index (χ4n) is 4.60. The summed E-state index contributed by atoms with van der Waals surface area (Å²) >= 11 is 6.02. The second kappa shape index (κ2) is 13.5. The van der Waals surface area contributed by atoms with Gasteiger partial charge in [-0.2, -0.15) is 22.3 Å².